The molecule has 2 aliphatic rings. The van der Waals surface area contributed by atoms with E-state index in [1.54, 1.807) is 14.2 Å². The first kappa shape index (κ1) is 27.1. The van der Waals surface area contributed by atoms with Crippen LogP contribution < -0.4 is 10.1 Å². The van der Waals surface area contributed by atoms with E-state index in [-0.39, 0.29) is 24.0 Å². The molecule has 2 unspecified atom stereocenters. The monoisotopic (exact) mass is 560 g/mol. The fourth-order valence-electron chi connectivity index (χ4n) is 4.46. The first-order valence-corrected chi connectivity index (χ1v) is 11.7. The second kappa shape index (κ2) is 14.9. The van der Waals surface area contributed by atoms with E-state index in [0.717, 1.165) is 64.0 Å². The van der Waals surface area contributed by atoms with Crippen molar-refractivity contribution in [3.05, 3.63) is 29.8 Å². The number of nitrogens with one attached hydrogen (secondary N) is 1. The van der Waals surface area contributed by atoms with Gasteiger partial charge >= 0.3 is 0 Å². The van der Waals surface area contributed by atoms with Gasteiger partial charge in [0.15, 0.2) is 5.96 Å². The Bertz CT molecular complexity index is 668. The Kier molecular flexibility index (Phi) is 12.7. The van der Waals surface area contributed by atoms with E-state index in [1.807, 2.05) is 0 Å². The minimum atomic E-state index is 0. The van der Waals surface area contributed by atoms with Crippen LogP contribution in [0.25, 0.3) is 0 Å². The summed E-state index contributed by atoms with van der Waals surface area (Å²) in [6.45, 7) is 10.2. The van der Waals surface area contributed by atoms with Crippen LogP contribution in [0.2, 0.25) is 0 Å². The third-order valence-electron chi connectivity index (χ3n) is 6.20. The van der Waals surface area contributed by atoms with Crippen LogP contribution in [0.3, 0.4) is 0 Å². The average Bonchev–Trinajstić information content (AvgIpc) is 3.49. The number of ether oxygens (including phenoxy) is 3. The van der Waals surface area contributed by atoms with Gasteiger partial charge in [-0.05, 0) is 57.0 Å². The zero-order valence-electron chi connectivity index (χ0n) is 19.9. The molecule has 2 atom stereocenters. The van der Waals surface area contributed by atoms with Crippen LogP contribution in [0.1, 0.15) is 37.8 Å². The minimum absolute atomic E-state index is 0. The molecule has 0 aromatic heterocycles. The summed E-state index contributed by atoms with van der Waals surface area (Å²) in [5.41, 5.74) is 1.31. The lowest BCUT2D eigenvalue weighted by Crippen LogP contribution is -2.41. The van der Waals surface area contributed by atoms with Gasteiger partial charge in [0.05, 0.1) is 39.5 Å². The van der Waals surface area contributed by atoms with Crippen LogP contribution in [-0.2, 0) is 9.47 Å². The van der Waals surface area contributed by atoms with Crippen molar-refractivity contribution in [1.29, 1.82) is 0 Å². The third-order valence-corrected chi connectivity index (χ3v) is 6.20. The van der Waals surface area contributed by atoms with Crippen LogP contribution in [0.4, 0.5) is 0 Å². The van der Waals surface area contributed by atoms with E-state index < -0.39 is 0 Å². The maximum absolute atomic E-state index is 5.76. The molecule has 1 aromatic rings. The molecule has 0 bridgehead atoms. The molecule has 8 heteroatoms. The molecule has 32 heavy (non-hydrogen) atoms. The fraction of sp³-hybridized carbons (Fsp3) is 0.708. The molecule has 0 spiro atoms. The Hall–Kier alpha value is -1.10. The van der Waals surface area contributed by atoms with Gasteiger partial charge in [-0.1, -0.05) is 12.1 Å². The van der Waals surface area contributed by atoms with Gasteiger partial charge in [0.1, 0.15) is 5.75 Å². The molecule has 0 saturated carbocycles. The van der Waals surface area contributed by atoms with Gasteiger partial charge in [0, 0.05) is 32.7 Å². The van der Waals surface area contributed by atoms with Gasteiger partial charge < -0.3 is 24.4 Å². The Morgan fingerprint density at radius 1 is 1.12 bits per heavy atom. The fourth-order valence-corrected chi connectivity index (χ4v) is 4.46. The molecule has 2 heterocycles. The highest BCUT2D eigenvalue weighted by molar-refractivity contribution is 14.0. The molecular formula is C24H41IN4O3. The predicted molar refractivity (Wildman–Crippen MR) is 140 cm³/mol. The first-order valence-electron chi connectivity index (χ1n) is 11.7. The summed E-state index contributed by atoms with van der Waals surface area (Å²) < 4.78 is 16.2. The SMILES string of the molecule is CCNC(=NCC(c1ccc(OC)cc1)N1CCCC1)N1CCC(COCCOC)C1.I. The molecule has 2 aliphatic heterocycles. The summed E-state index contributed by atoms with van der Waals surface area (Å²) in [6.07, 6.45) is 3.69. The zero-order valence-corrected chi connectivity index (χ0v) is 22.3. The van der Waals surface area contributed by atoms with Gasteiger partial charge in [0.25, 0.3) is 0 Å². The topological polar surface area (TPSA) is 58.6 Å². The molecule has 182 valence electrons. The summed E-state index contributed by atoms with van der Waals surface area (Å²) in [5, 5.41) is 3.51. The number of methoxy groups -OCH3 is 2. The lowest BCUT2D eigenvalue weighted by molar-refractivity contribution is 0.0536. The van der Waals surface area contributed by atoms with E-state index in [0.29, 0.717) is 25.2 Å². The van der Waals surface area contributed by atoms with E-state index in [9.17, 15) is 0 Å². The maximum Gasteiger partial charge on any atom is 0.193 e. The second-order valence-corrected chi connectivity index (χ2v) is 8.40. The summed E-state index contributed by atoms with van der Waals surface area (Å²) in [4.78, 5) is 10.1. The lowest BCUT2D eigenvalue weighted by atomic mass is 10.1. The number of guanidine groups is 1. The number of hydrogen-bond acceptors (Lipinski definition) is 5. The molecule has 0 amide bonds. The van der Waals surface area contributed by atoms with Crippen molar-refractivity contribution in [1.82, 2.24) is 15.1 Å². The van der Waals surface area contributed by atoms with Crippen molar-refractivity contribution in [2.24, 2.45) is 10.9 Å². The molecule has 3 rings (SSSR count). The lowest BCUT2D eigenvalue weighted by Gasteiger charge is -2.28. The Morgan fingerprint density at radius 3 is 2.53 bits per heavy atom. The van der Waals surface area contributed by atoms with Gasteiger partial charge in [-0.25, -0.2) is 0 Å². The van der Waals surface area contributed by atoms with E-state index >= 15 is 0 Å². The summed E-state index contributed by atoms with van der Waals surface area (Å²) >= 11 is 0. The number of halogens is 1. The van der Waals surface area contributed by atoms with Crippen LogP contribution in [0.5, 0.6) is 5.75 Å². The Labute approximate surface area is 210 Å². The predicted octanol–water partition coefficient (Wildman–Crippen LogP) is 3.40. The highest BCUT2D eigenvalue weighted by Crippen LogP contribution is 2.27. The summed E-state index contributed by atoms with van der Waals surface area (Å²) in [6, 6.07) is 8.79. The first-order chi connectivity index (χ1) is 15.2. The van der Waals surface area contributed by atoms with Crippen LogP contribution in [0, 0.1) is 5.92 Å². The van der Waals surface area contributed by atoms with Crippen molar-refractivity contribution in [3.8, 4) is 5.75 Å². The molecule has 0 radical (unpaired) electrons. The molecule has 0 aliphatic carbocycles. The number of aliphatic imine (C=N–C) groups is 1. The molecule has 1 N–H and O–H groups in total. The van der Waals surface area contributed by atoms with Crippen LogP contribution in [-0.4, -0.2) is 89.1 Å². The summed E-state index contributed by atoms with van der Waals surface area (Å²) in [7, 11) is 3.42. The molecule has 2 fully saturated rings. The standard InChI is InChI=1S/C24H40N4O3.HI/c1-4-25-24(28-14-11-20(18-28)19-31-16-15-29-2)26-17-23(27-12-5-6-13-27)21-7-9-22(30-3)10-8-21;/h7-10,20,23H,4-6,11-19H2,1-3H3,(H,25,26);1H. The van der Waals surface area contributed by atoms with E-state index in [2.05, 4.69) is 46.3 Å². The zero-order chi connectivity index (χ0) is 21.9. The maximum atomic E-state index is 5.76. The molecule has 1 aromatic carbocycles. The normalized spacial score (nSPS) is 20.3. The highest BCUT2D eigenvalue weighted by Gasteiger charge is 2.27. The van der Waals surface area contributed by atoms with Crippen molar-refractivity contribution in [3.63, 3.8) is 0 Å². The second-order valence-electron chi connectivity index (χ2n) is 8.40. The average molecular weight is 561 g/mol. The molecule has 7 nitrogen and oxygen atoms in total. The van der Waals surface area contributed by atoms with Gasteiger partial charge in [-0.15, -0.1) is 24.0 Å². The number of benzene rings is 1. The van der Waals surface area contributed by atoms with Crippen molar-refractivity contribution < 1.29 is 14.2 Å². The van der Waals surface area contributed by atoms with Crippen molar-refractivity contribution in [2.45, 2.75) is 32.2 Å². The van der Waals surface area contributed by atoms with Crippen LogP contribution in [0.15, 0.2) is 29.3 Å². The number of rotatable bonds is 11. The van der Waals surface area contributed by atoms with Crippen molar-refractivity contribution >= 4 is 29.9 Å². The third kappa shape index (κ3) is 8.04. The quantitative estimate of drug-likeness (QED) is 0.194. The number of hydrogen-bond donors (Lipinski definition) is 1. The van der Waals surface area contributed by atoms with Crippen LogP contribution >= 0.6 is 24.0 Å². The smallest absolute Gasteiger partial charge is 0.193 e. The van der Waals surface area contributed by atoms with Gasteiger partial charge in [-0.2, -0.15) is 0 Å². The Morgan fingerprint density at radius 2 is 1.88 bits per heavy atom. The molecular weight excluding hydrogens is 519 g/mol. The number of likely N-dealkylation sites (tertiary alicyclic amines) is 2. The van der Waals surface area contributed by atoms with E-state index in [1.165, 1.54) is 18.4 Å². The van der Waals surface area contributed by atoms with E-state index in [4.69, 9.17) is 19.2 Å². The van der Waals surface area contributed by atoms with Gasteiger partial charge in [0.2, 0.25) is 0 Å². The van der Waals surface area contributed by atoms with Crippen molar-refractivity contribution in [2.75, 3.05) is 73.3 Å². The minimum Gasteiger partial charge on any atom is -0.497 e. The summed E-state index contributed by atoms with van der Waals surface area (Å²) in [5.74, 6) is 2.48. The largest absolute Gasteiger partial charge is 0.497 e. The number of nitrogens with zero attached hydrogens (tertiary/aromatic N) is 3. The highest BCUT2D eigenvalue weighted by atomic mass is 127. The Balaban J connectivity index is 0.00000363. The van der Waals surface area contributed by atoms with Gasteiger partial charge in [-0.3, -0.25) is 9.89 Å². The molecule has 2 saturated heterocycles.